The van der Waals surface area contributed by atoms with Crippen molar-refractivity contribution in [2.45, 2.75) is 36.3 Å². The average Bonchev–Trinajstić information content (AvgIpc) is 2.91. The Morgan fingerprint density at radius 2 is 1.14 bits per heavy atom. The Balaban J connectivity index is 1.82. The van der Waals surface area contributed by atoms with Crippen molar-refractivity contribution in [1.29, 1.82) is 0 Å². The molecule has 1 saturated heterocycles. The molecule has 5 atom stereocenters. The van der Waals surface area contributed by atoms with E-state index < -0.39 is 36.3 Å². The third kappa shape index (κ3) is 4.90. The molecule has 4 rings (SSSR count). The Kier molecular flexibility index (Phi) is 7.71. The van der Waals surface area contributed by atoms with Gasteiger partial charge in [0.05, 0.1) is 20.8 Å². The molecule has 0 radical (unpaired) electrons. The van der Waals surface area contributed by atoms with Crippen LogP contribution in [0.25, 0.3) is 0 Å². The van der Waals surface area contributed by atoms with Crippen molar-refractivity contribution in [2.24, 2.45) is 0 Å². The average molecular weight is 483 g/mol. The molecule has 0 amide bonds. The predicted octanol–water partition coefficient (Wildman–Crippen LogP) is 1.81. The van der Waals surface area contributed by atoms with E-state index in [4.69, 9.17) is 18.9 Å². The van der Waals surface area contributed by atoms with Gasteiger partial charge in [-0.15, -0.1) is 0 Å². The number of hydrogen-bond donors (Lipinski definition) is 4. The van der Waals surface area contributed by atoms with Crippen molar-refractivity contribution in [1.82, 2.24) is 0 Å². The van der Waals surface area contributed by atoms with Gasteiger partial charge in [0.15, 0.2) is 6.29 Å². The first-order chi connectivity index (χ1) is 16.9. The smallest absolute Gasteiger partial charge is 0.184 e. The maximum Gasteiger partial charge on any atom is 0.184 e. The Morgan fingerprint density at radius 1 is 0.657 bits per heavy atom. The molecule has 0 aliphatic carbocycles. The molecule has 0 aromatic heterocycles. The van der Waals surface area contributed by atoms with E-state index in [2.05, 4.69) is 0 Å². The van der Waals surface area contributed by atoms with E-state index in [-0.39, 0.29) is 6.61 Å². The summed E-state index contributed by atoms with van der Waals surface area (Å²) in [6.07, 6.45) is -7.42. The summed E-state index contributed by atoms with van der Waals surface area (Å²) >= 11 is 0. The molecule has 5 unspecified atom stereocenters. The minimum absolute atomic E-state index is 0.199. The van der Waals surface area contributed by atoms with E-state index in [1.165, 1.54) is 0 Å². The lowest BCUT2D eigenvalue weighted by Crippen LogP contribution is -2.59. The number of aliphatic hydroxyl groups is 4. The van der Waals surface area contributed by atoms with Crippen LogP contribution in [0.4, 0.5) is 0 Å². The molecule has 35 heavy (non-hydrogen) atoms. The minimum Gasteiger partial charge on any atom is -0.497 e. The molecule has 0 bridgehead atoms. The highest BCUT2D eigenvalue weighted by Gasteiger charge is 2.45. The van der Waals surface area contributed by atoms with E-state index in [0.29, 0.717) is 11.5 Å². The molecule has 186 valence electrons. The molecule has 1 aliphatic rings. The van der Waals surface area contributed by atoms with Crippen molar-refractivity contribution in [3.05, 3.63) is 95.6 Å². The van der Waals surface area contributed by atoms with Gasteiger partial charge < -0.3 is 39.4 Å². The number of hydrogen-bond acceptors (Lipinski definition) is 8. The SMILES string of the molecule is COc1ccc(C(OCC2OC(O)C(O)C(O)C2O)(c2ccccc2)c2ccc(OC)cc2)cc1. The van der Waals surface area contributed by atoms with Crippen molar-refractivity contribution >= 4 is 0 Å². The fourth-order valence-corrected chi connectivity index (χ4v) is 4.35. The molecule has 8 heteroatoms. The first-order valence-electron chi connectivity index (χ1n) is 11.3. The second-order valence-corrected chi connectivity index (χ2v) is 8.35. The molecule has 0 saturated carbocycles. The maximum atomic E-state index is 10.5. The van der Waals surface area contributed by atoms with Gasteiger partial charge in [0, 0.05) is 0 Å². The Hall–Kier alpha value is -2.98. The summed E-state index contributed by atoms with van der Waals surface area (Å²) in [6.45, 7) is -0.199. The van der Waals surface area contributed by atoms with E-state index >= 15 is 0 Å². The topological polar surface area (TPSA) is 118 Å². The summed E-state index contributed by atoms with van der Waals surface area (Å²) in [5.74, 6) is 1.36. The molecule has 3 aromatic carbocycles. The zero-order chi connectivity index (χ0) is 25.0. The number of ether oxygens (including phenoxy) is 4. The van der Waals surface area contributed by atoms with Gasteiger partial charge in [0.1, 0.15) is 41.5 Å². The normalized spacial score (nSPS) is 24.7. The van der Waals surface area contributed by atoms with Crippen LogP contribution in [0.15, 0.2) is 78.9 Å². The zero-order valence-electron chi connectivity index (χ0n) is 19.5. The highest BCUT2D eigenvalue weighted by Crippen LogP contribution is 2.42. The summed E-state index contributed by atoms with van der Waals surface area (Å²) in [4.78, 5) is 0. The van der Waals surface area contributed by atoms with Crippen LogP contribution in [0, 0.1) is 0 Å². The van der Waals surface area contributed by atoms with Crippen LogP contribution in [0.5, 0.6) is 11.5 Å². The van der Waals surface area contributed by atoms with Crippen molar-refractivity contribution in [3.8, 4) is 11.5 Å². The van der Waals surface area contributed by atoms with Gasteiger partial charge in [-0.1, -0.05) is 54.6 Å². The van der Waals surface area contributed by atoms with E-state index in [0.717, 1.165) is 16.7 Å². The van der Waals surface area contributed by atoms with Gasteiger partial charge in [-0.25, -0.2) is 0 Å². The van der Waals surface area contributed by atoms with Gasteiger partial charge in [-0.3, -0.25) is 0 Å². The van der Waals surface area contributed by atoms with Crippen LogP contribution < -0.4 is 9.47 Å². The fraction of sp³-hybridized carbons (Fsp3) is 0.333. The molecule has 1 aliphatic heterocycles. The lowest BCUT2D eigenvalue weighted by molar-refractivity contribution is -0.291. The Morgan fingerprint density at radius 3 is 1.63 bits per heavy atom. The number of rotatable bonds is 8. The summed E-state index contributed by atoms with van der Waals surface area (Å²) in [6, 6.07) is 24.4. The summed E-state index contributed by atoms with van der Waals surface area (Å²) in [7, 11) is 3.18. The van der Waals surface area contributed by atoms with Crippen LogP contribution in [-0.2, 0) is 15.1 Å². The standard InChI is InChI=1S/C27H30O8/c1-32-20-12-8-18(9-13-20)27(17-6-4-3-5-7-17,19-10-14-21(33-2)15-11-19)34-16-22-23(28)24(29)25(30)26(31)35-22/h3-15,22-26,28-31H,16H2,1-2H3. The highest BCUT2D eigenvalue weighted by atomic mass is 16.6. The van der Waals surface area contributed by atoms with Gasteiger partial charge in [-0.05, 0) is 41.0 Å². The third-order valence-corrected chi connectivity index (χ3v) is 6.32. The molecule has 3 aromatic rings. The van der Waals surface area contributed by atoms with Gasteiger partial charge in [-0.2, -0.15) is 0 Å². The largest absolute Gasteiger partial charge is 0.497 e. The van der Waals surface area contributed by atoms with Crippen molar-refractivity contribution in [3.63, 3.8) is 0 Å². The maximum absolute atomic E-state index is 10.5. The van der Waals surface area contributed by atoms with Crippen LogP contribution in [-0.4, -0.2) is 72.0 Å². The summed E-state index contributed by atoms with van der Waals surface area (Å²) < 4.78 is 22.7. The van der Waals surface area contributed by atoms with Crippen LogP contribution in [0.1, 0.15) is 16.7 Å². The Bertz CT molecular complexity index is 1020. The molecule has 1 heterocycles. The third-order valence-electron chi connectivity index (χ3n) is 6.32. The van der Waals surface area contributed by atoms with E-state index in [9.17, 15) is 20.4 Å². The predicted molar refractivity (Wildman–Crippen MR) is 127 cm³/mol. The lowest BCUT2D eigenvalue weighted by atomic mass is 9.80. The first kappa shape index (κ1) is 25.1. The monoisotopic (exact) mass is 482 g/mol. The summed E-state index contributed by atoms with van der Waals surface area (Å²) in [5.41, 5.74) is 1.21. The van der Waals surface area contributed by atoms with E-state index in [1.54, 1.807) is 14.2 Å². The molecule has 4 N–H and O–H groups in total. The molecule has 0 spiro atoms. The first-order valence-corrected chi connectivity index (χ1v) is 11.3. The van der Waals surface area contributed by atoms with Crippen molar-refractivity contribution in [2.75, 3.05) is 20.8 Å². The highest BCUT2D eigenvalue weighted by molar-refractivity contribution is 5.49. The summed E-state index contributed by atoms with van der Waals surface area (Å²) in [5, 5.41) is 40.5. The van der Waals surface area contributed by atoms with E-state index in [1.807, 2.05) is 78.9 Å². The zero-order valence-corrected chi connectivity index (χ0v) is 19.5. The lowest BCUT2D eigenvalue weighted by Gasteiger charge is -2.41. The molecular weight excluding hydrogens is 452 g/mol. The van der Waals surface area contributed by atoms with Gasteiger partial charge >= 0.3 is 0 Å². The van der Waals surface area contributed by atoms with Crippen LogP contribution >= 0.6 is 0 Å². The Labute approximate surface area is 203 Å². The molecule has 8 nitrogen and oxygen atoms in total. The minimum atomic E-state index is -1.66. The van der Waals surface area contributed by atoms with Gasteiger partial charge in [0.2, 0.25) is 0 Å². The second kappa shape index (κ2) is 10.7. The fourth-order valence-electron chi connectivity index (χ4n) is 4.35. The molecular formula is C27H30O8. The second-order valence-electron chi connectivity index (χ2n) is 8.35. The molecule has 1 fully saturated rings. The van der Waals surface area contributed by atoms with Crippen LogP contribution in [0.3, 0.4) is 0 Å². The number of benzene rings is 3. The quantitative estimate of drug-likeness (QED) is 0.359. The number of aliphatic hydroxyl groups excluding tert-OH is 4. The van der Waals surface area contributed by atoms with Gasteiger partial charge in [0.25, 0.3) is 0 Å². The van der Waals surface area contributed by atoms with Crippen molar-refractivity contribution < 1.29 is 39.4 Å². The van der Waals surface area contributed by atoms with Crippen LogP contribution in [0.2, 0.25) is 0 Å². The number of methoxy groups -OCH3 is 2.